The van der Waals surface area contributed by atoms with Gasteiger partial charge >= 0.3 is 0 Å². The monoisotopic (exact) mass is 490 g/mol. The Kier molecular flexibility index (Phi) is 6.66. The lowest BCUT2D eigenvalue weighted by Crippen LogP contribution is -2.50. The second-order valence-electron chi connectivity index (χ2n) is 8.88. The van der Waals surface area contributed by atoms with Crippen LogP contribution in [0.3, 0.4) is 0 Å². The second kappa shape index (κ2) is 9.19. The Hall–Kier alpha value is -2.23. The summed E-state index contributed by atoms with van der Waals surface area (Å²) in [5, 5.41) is 0. The lowest BCUT2D eigenvalue weighted by molar-refractivity contribution is -0.131. The Morgan fingerprint density at radius 3 is 2.18 bits per heavy atom. The fourth-order valence-electron chi connectivity index (χ4n) is 4.44. The fourth-order valence-corrected chi connectivity index (χ4v) is 7.22. The molecule has 0 spiro atoms. The maximum atomic E-state index is 13.0. The van der Waals surface area contributed by atoms with E-state index in [4.69, 9.17) is 0 Å². The molecule has 1 fully saturated rings. The van der Waals surface area contributed by atoms with Crippen LogP contribution < -0.4 is 0 Å². The molecule has 2 aromatic rings. The third kappa shape index (κ3) is 5.00. The summed E-state index contributed by atoms with van der Waals surface area (Å²) in [7, 11) is -7.17. The Morgan fingerprint density at radius 2 is 1.48 bits per heavy atom. The van der Waals surface area contributed by atoms with Crippen LogP contribution in [0.1, 0.15) is 35.1 Å². The first kappa shape index (κ1) is 23.9. The summed E-state index contributed by atoms with van der Waals surface area (Å²) in [6.45, 7) is 4.70. The minimum atomic E-state index is -3.63. The van der Waals surface area contributed by atoms with Crippen LogP contribution >= 0.6 is 0 Å². The van der Waals surface area contributed by atoms with Gasteiger partial charge in [0.1, 0.15) is 0 Å². The number of benzene rings is 2. The van der Waals surface area contributed by atoms with Crippen molar-refractivity contribution in [2.45, 2.75) is 49.3 Å². The van der Waals surface area contributed by atoms with Gasteiger partial charge in [0.15, 0.2) is 9.84 Å². The molecule has 0 bridgehead atoms. The SMILES string of the molecule is Cc1ccc(S(=O)(=O)N2CCN(C(=O)CCS(=O)(=O)c3ccc4c(c3)CCC4)CC2)cc1C. The zero-order chi connectivity index (χ0) is 23.8. The summed E-state index contributed by atoms with van der Waals surface area (Å²) >= 11 is 0. The maximum Gasteiger partial charge on any atom is 0.243 e. The van der Waals surface area contributed by atoms with E-state index in [1.165, 1.54) is 9.87 Å². The Balaban J connectivity index is 1.34. The highest BCUT2D eigenvalue weighted by Gasteiger charge is 2.31. The largest absolute Gasteiger partial charge is 0.340 e. The molecule has 33 heavy (non-hydrogen) atoms. The first-order chi connectivity index (χ1) is 15.6. The molecule has 0 radical (unpaired) electrons. The lowest BCUT2D eigenvalue weighted by Gasteiger charge is -2.34. The van der Waals surface area contributed by atoms with Gasteiger partial charge in [-0.2, -0.15) is 4.31 Å². The molecular weight excluding hydrogens is 460 g/mol. The molecular formula is C24H30N2O5S2. The van der Waals surface area contributed by atoms with Crippen molar-refractivity contribution in [3.63, 3.8) is 0 Å². The number of carbonyl (C=O) groups is 1. The van der Waals surface area contributed by atoms with Crippen LogP contribution in [0.25, 0.3) is 0 Å². The van der Waals surface area contributed by atoms with E-state index in [0.717, 1.165) is 36.0 Å². The number of aryl methyl sites for hydroxylation is 4. The van der Waals surface area contributed by atoms with E-state index < -0.39 is 19.9 Å². The van der Waals surface area contributed by atoms with E-state index in [1.807, 2.05) is 19.9 Å². The van der Waals surface area contributed by atoms with Crippen molar-refractivity contribution in [2.24, 2.45) is 0 Å². The molecule has 9 heteroatoms. The number of rotatable bonds is 6. The van der Waals surface area contributed by atoms with E-state index in [2.05, 4.69) is 0 Å². The molecule has 7 nitrogen and oxygen atoms in total. The number of sulfonamides is 1. The van der Waals surface area contributed by atoms with Crippen molar-refractivity contribution in [1.82, 2.24) is 9.21 Å². The number of fused-ring (bicyclic) bond motifs is 1. The molecule has 2 aromatic carbocycles. The van der Waals surface area contributed by atoms with Gasteiger partial charge in [0.25, 0.3) is 0 Å². The average molecular weight is 491 g/mol. The van der Waals surface area contributed by atoms with E-state index >= 15 is 0 Å². The van der Waals surface area contributed by atoms with Gasteiger partial charge < -0.3 is 4.90 Å². The van der Waals surface area contributed by atoms with Crippen molar-refractivity contribution < 1.29 is 21.6 Å². The van der Waals surface area contributed by atoms with Gasteiger partial charge in [0.2, 0.25) is 15.9 Å². The molecule has 1 heterocycles. The highest BCUT2D eigenvalue weighted by atomic mass is 32.2. The fraction of sp³-hybridized carbons (Fsp3) is 0.458. The minimum Gasteiger partial charge on any atom is -0.340 e. The first-order valence-corrected chi connectivity index (χ1v) is 14.4. The second-order valence-corrected chi connectivity index (χ2v) is 12.9. The highest BCUT2D eigenvalue weighted by molar-refractivity contribution is 7.91. The van der Waals surface area contributed by atoms with Gasteiger partial charge in [-0.1, -0.05) is 12.1 Å². The van der Waals surface area contributed by atoms with Crippen molar-refractivity contribution in [3.05, 3.63) is 58.7 Å². The summed E-state index contributed by atoms with van der Waals surface area (Å²) < 4.78 is 52.8. The minimum absolute atomic E-state index is 0.108. The van der Waals surface area contributed by atoms with Gasteiger partial charge in [0.05, 0.1) is 15.5 Å². The molecule has 1 aliphatic heterocycles. The summed E-state index contributed by atoms with van der Waals surface area (Å²) in [6.07, 6.45) is 2.82. The zero-order valence-electron chi connectivity index (χ0n) is 19.1. The van der Waals surface area contributed by atoms with Gasteiger partial charge in [-0.05, 0) is 79.6 Å². The lowest BCUT2D eigenvalue weighted by atomic mass is 10.1. The van der Waals surface area contributed by atoms with Crippen molar-refractivity contribution in [3.8, 4) is 0 Å². The molecule has 0 N–H and O–H groups in total. The van der Waals surface area contributed by atoms with E-state index in [1.54, 1.807) is 35.2 Å². The molecule has 0 unspecified atom stereocenters. The van der Waals surface area contributed by atoms with E-state index in [9.17, 15) is 21.6 Å². The standard InChI is InChI=1S/C24H30N2O5S2/c1-18-6-8-23(16-19(18)2)33(30,31)26-13-11-25(12-14-26)24(27)10-15-32(28,29)22-9-7-20-4-3-5-21(20)17-22/h6-9,16-17H,3-5,10-15H2,1-2H3. The molecule has 1 amide bonds. The summed E-state index contributed by atoms with van der Waals surface area (Å²) in [6, 6.07) is 10.3. The third-order valence-corrected chi connectivity index (χ3v) is 10.3. The average Bonchev–Trinajstić information content (AvgIpc) is 3.27. The van der Waals surface area contributed by atoms with Crippen molar-refractivity contribution in [2.75, 3.05) is 31.9 Å². The van der Waals surface area contributed by atoms with Gasteiger partial charge in [-0.3, -0.25) is 4.79 Å². The Labute approximate surface area is 196 Å². The number of carbonyl (C=O) groups excluding carboxylic acids is 1. The Morgan fingerprint density at radius 1 is 0.818 bits per heavy atom. The molecule has 178 valence electrons. The van der Waals surface area contributed by atoms with Crippen LogP contribution in [0.5, 0.6) is 0 Å². The maximum absolute atomic E-state index is 13.0. The molecule has 0 atom stereocenters. The number of hydrogen-bond acceptors (Lipinski definition) is 5. The van der Waals surface area contributed by atoms with Crippen LogP contribution in [0.15, 0.2) is 46.2 Å². The molecule has 1 aliphatic carbocycles. The summed E-state index contributed by atoms with van der Waals surface area (Å²) in [5.41, 5.74) is 4.23. The van der Waals surface area contributed by atoms with Crippen LogP contribution in [0.4, 0.5) is 0 Å². The topological polar surface area (TPSA) is 91.8 Å². The van der Waals surface area contributed by atoms with Gasteiger partial charge in [-0.15, -0.1) is 0 Å². The van der Waals surface area contributed by atoms with Gasteiger partial charge in [0, 0.05) is 32.6 Å². The summed E-state index contributed by atoms with van der Waals surface area (Å²) in [5.74, 6) is -0.505. The number of sulfone groups is 1. The molecule has 0 aromatic heterocycles. The normalized spacial score (nSPS) is 17.2. The first-order valence-electron chi connectivity index (χ1n) is 11.3. The van der Waals surface area contributed by atoms with E-state index in [-0.39, 0.29) is 54.1 Å². The van der Waals surface area contributed by atoms with E-state index in [0.29, 0.717) is 0 Å². The van der Waals surface area contributed by atoms with Crippen molar-refractivity contribution in [1.29, 1.82) is 0 Å². The molecule has 1 saturated heterocycles. The number of nitrogens with zero attached hydrogens (tertiary/aromatic N) is 2. The smallest absolute Gasteiger partial charge is 0.243 e. The molecule has 0 saturated carbocycles. The predicted octanol–water partition coefficient (Wildman–Crippen LogP) is 2.49. The molecule has 2 aliphatic rings. The predicted molar refractivity (Wildman–Crippen MR) is 126 cm³/mol. The van der Waals surface area contributed by atoms with Crippen molar-refractivity contribution >= 4 is 25.8 Å². The van der Waals surface area contributed by atoms with Crippen LogP contribution in [0, 0.1) is 13.8 Å². The summed E-state index contributed by atoms with van der Waals surface area (Å²) in [4.78, 5) is 14.8. The highest BCUT2D eigenvalue weighted by Crippen LogP contribution is 2.26. The zero-order valence-corrected chi connectivity index (χ0v) is 20.7. The Bertz CT molecular complexity index is 1280. The number of amides is 1. The van der Waals surface area contributed by atoms with Gasteiger partial charge in [-0.25, -0.2) is 16.8 Å². The number of hydrogen-bond donors (Lipinski definition) is 0. The third-order valence-electron chi connectivity index (χ3n) is 6.72. The van der Waals surface area contributed by atoms with Crippen LogP contribution in [0.2, 0.25) is 0 Å². The quantitative estimate of drug-likeness (QED) is 0.620. The number of piperazine rings is 1. The van der Waals surface area contributed by atoms with Crippen LogP contribution in [-0.2, 0) is 37.5 Å². The van der Waals surface area contributed by atoms with Crippen LogP contribution in [-0.4, -0.2) is 63.9 Å². The molecule has 4 rings (SSSR count).